The Kier molecular flexibility index (Phi) is 6.73. The zero-order valence-electron chi connectivity index (χ0n) is 21.3. The summed E-state index contributed by atoms with van der Waals surface area (Å²) in [6, 6.07) is 12.4. The van der Waals surface area contributed by atoms with Crippen LogP contribution in [-0.2, 0) is 12.6 Å². The van der Waals surface area contributed by atoms with Gasteiger partial charge in [-0.3, -0.25) is 4.79 Å². The van der Waals surface area contributed by atoms with Crippen molar-refractivity contribution in [2.24, 2.45) is 0 Å². The molecule has 7 nitrogen and oxygen atoms in total. The van der Waals surface area contributed by atoms with Crippen molar-refractivity contribution in [3.05, 3.63) is 70.1 Å². The number of anilines is 1. The molecule has 38 heavy (non-hydrogen) atoms. The third-order valence-electron chi connectivity index (χ3n) is 6.78. The standard InChI is InChI=1S/C28H27F3N4O3/c1-4-18-7-9-22-25(17-13-20(37-2)16-21(14-17)38-3)33-35(27(36)26(22)32-18)24-15-19(34-11-5-6-12-34)8-10-23(24)28(29,30)31/h7-10,13-16H,4-6,11-12H2,1-3H3. The van der Waals surface area contributed by atoms with E-state index in [0.29, 0.717) is 40.3 Å². The molecule has 0 aliphatic carbocycles. The molecule has 2 aromatic carbocycles. The van der Waals surface area contributed by atoms with E-state index in [-0.39, 0.29) is 16.9 Å². The molecule has 4 aromatic rings. The maximum absolute atomic E-state index is 14.2. The fraction of sp³-hybridized carbons (Fsp3) is 0.321. The molecule has 0 saturated carbocycles. The number of ether oxygens (including phenoxy) is 2. The molecule has 5 rings (SSSR count). The van der Waals surface area contributed by atoms with Crippen LogP contribution in [0.15, 0.2) is 53.3 Å². The Labute approximate surface area is 217 Å². The van der Waals surface area contributed by atoms with Gasteiger partial charge in [-0.15, -0.1) is 0 Å². The quantitative estimate of drug-likeness (QED) is 0.325. The Bertz CT molecular complexity index is 1540. The summed E-state index contributed by atoms with van der Waals surface area (Å²) < 4.78 is 54.3. The summed E-state index contributed by atoms with van der Waals surface area (Å²) in [5.74, 6) is 0.939. The summed E-state index contributed by atoms with van der Waals surface area (Å²) in [7, 11) is 3.00. The SMILES string of the molecule is CCc1ccc2c(-c3cc(OC)cc(OC)c3)nn(-c3cc(N4CCCC4)ccc3C(F)(F)F)c(=O)c2n1. The first-order valence-electron chi connectivity index (χ1n) is 12.4. The third-order valence-corrected chi connectivity index (χ3v) is 6.78. The number of methoxy groups -OCH3 is 2. The molecule has 1 fully saturated rings. The minimum atomic E-state index is -4.70. The zero-order valence-corrected chi connectivity index (χ0v) is 21.3. The average Bonchev–Trinajstić information content (AvgIpc) is 3.47. The van der Waals surface area contributed by atoms with Crippen LogP contribution in [0.2, 0.25) is 0 Å². The van der Waals surface area contributed by atoms with E-state index in [1.165, 1.54) is 26.4 Å². The summed E-state index contributed by atoms with van der Waals surface area (Å²) in [5, 5.41) is 4.94. The number of halogens is 3. The van der Waals surface area contributed by atoms with Crippen LogP contribution in [0.25, 0.3) is 27.8 Å². The van der Waals surface area contributed by atoms with Crippen molar-refractivity contribution >= 4 is 16.6 Å². The van der Waals surface area contributed by atoms with E-state index in [0.717, 1.165) is 36.7 Å². The maximum Gasteiger partial charge on any atom is 0.418 e. The van der Waals surface area contributed by atoms with Crippen molar-refractivity contribution in [3.8, 4) is 28.4 Å². The zero-order chi connectivity index (χ0) is 27.0. The summed E-state index contributed by atoms with van der Waals surface area (Å²) in [6.45, 7) is 3.37. The number of aryl methyl sites for hydroxylation is 1. The van der Waals surface area contributed by atoms with E-state index in [9.17, 15) is 18.0 Å². The van der Waals surface area contributed by atoms with Crippen molar-refractivity contribution < 1.29 is 22.6 Å². The van der Waals surface area contributed by atoms with E-state index < -0.39 is 17.3 Å². The molecule has 198 valence electrons. The normalized spacial score (nSPS) is 13.8. The lowest BCUT2D eigenvalue weighted by atomic mass is 10.1. The number of hydrogen-bond donors (Lipinski definition) is 0. The number of rotatable bonds is 6. The lowest BCUT2D eigenvalue weighted by Crippen LogP contribution is -2.27. The number of alkyl halides is 3. The number of pyridine rings is 1. The Balaban J connectivity index is 1.85. The van der Waals surface area contributed by atoms with Crippen molar-refractivity contribution in [2.45, 2.75) is 32.4 Å². The Morgan fingerprint density at radius 1 is 0.947 bits per heavy atom. The highest BCUT2D eigenvalue weighted by Crippen LogP contribution is 2.37. The minimum Gasteiger partial charge on any atom is -0.497 e. The second-order valence-corrected chi connectivity index (χ2v) is 9.11. The van der Waals surface area contributed by atoms with Gasteiger partial charge in [-0.2, -0.15) is 23.0 Å². The highest BCUT2D eigenvalue weighted by molar-refractivity contribution is 5.92. The van der Waals surface area contributed by atoms with Gasteiger partial charge in [0.25, 0.3) is 5.56 Å². The van der Waals surface area contributed by atoms with Crippen LogP contribution >= 0.6 is 0 Å². The second-order valence-electron chi connectivity index (χ2n) is 9.11. The van der Waals surface area contributed by atoms with Crippen LogP contribution in [0.3, 0.4) is 0 Å². The number of nitrogens with zero attached hydrogens (tertiary/aromatic N) is 4. The summed E-state index contributed by atoms with van der Waals surface area (Å²) in [6.07, 6.45) is -2.24. The molecular formula is C28H27F3N4O3. The van der Waals surface area contributed by atoms with Gasteiger partial charge >= 0.3 is 6.18 Å². The molecule has 0 unspecified atom stereocenters. The molecule has 1 saturated heterocycles. The van der Waals surface area contributed by atoms with Crippen LogP contribution in [0.5, 0.6) is 11.5 Å². The van der Waals surface area contributed by atoms with Crippen molar-refractivity contribution in [3.63, 3.8) is 0 Å². The molecule has 1 aliphatic heterocycles. The smallest absolute Gasteiger partial charge is 0.418 e. The first-order valence-corrected chi connectivity index (χ1v) is 12.4. The predicted octanol–water partition coefficient (Wildman–Crippen LogP) is 5.65. The second kappa shape index (κ2) is 10.00. The van der Waals surface area contributed by atoms with E-state index in [1.54, 1.807) is 30.3 Å². The fourth-order valence-electron chi connectivity index (χ4n) is 4.78. The Morgan fingerprint density at radius 2 is 1.63 bits per heavy atom. The molecule has 0 amide bonds. The van der Waals surface area contributed by atoms with Gasteiger partial charge < -0.3 is 14.4 Å². The number of hydrogen-bond acceptors (Lipinski definition) is 6. The van der Waals surface area contributed by atoms with Gasteiger partial charge in [0.2, 0.25) is 0 Å². The van der Waals surface area contributed by atoms with Crippen LogP contribution in [0, 0.1) is 0 Å². The summed E-state index contributed by atoms with van der Waals surface area (Å²) >= 11 is 0. The number of benzene rings is 2. The van der Waals surface area contributed by atoms with Gasteiger partial charge in [0.05, 0.1) is 25.5 Å². The minimum absolute atomic E-state index is 0.0378. The first-order chi connectivity index (χ1) is 18.2. The molecule has 0 N–H and O–H groups in total. The molecule has 10 heteroatoms. The van der Waals surface area contributed by atoms with E-state index in [2.05, 4.69) is 10.1 Å². The highest BCUT2D eigenvalue weighted by atomic mass is 19.4. The monoisotopic (exact) mass is 524 g/mol. The molecule has 0 bridgehead atoms. The number of fused-ring (bicyclic) bond motifs is 1. The van der Waals surface area contributed by atoms with Crippen molar-refractivity contribution in [2.75, 3.05) is 32.2 Å². The van der Waals surface area contributed by atoms with Gasteiger partial charge in [-0.25, -0.2) is 4.98 Å². The largest absolute Gasteiger partial charge is 0.497 e. The fourth-order valence-corrected chi connectivity index (χ4v) is 4.78. The van der Waals surface area contributed by atoms with E-state index in [4.69, 9.17) is 9.47 Å². The lowest BCUT2D eigenvalue weighted by molar-refractivity contribution is -0.137. The van der Waals surface area contributed by atoms with E-state index in [1.807, 2.05) is 11.8 Å². The van der Waals surface area contributed by atoms with Gasteiger partial charge in [-0.1, -0.05) is 6.92 Å². The molecule has 0 atom stereocenters. The Morgan fingerprint density at radius 3 is 2.24 bits per heavy atom. The van der Waals surface area contributed by atoms with Crippen molar-refractivity contribution in [1.82, 2.24) is 14.8 Å². The Hall–Kier alpha value is -4.08. The third kappa shape index (κ3) is 4.66. The molecule has 0 spiro atoms. The highest BCUT2D eigenvalue weighted by Gasteiger charge is 2.35. The van der Waals surface area contributed by atoms with Gasteiger partial charge in [0.15, 0.2) is 0 Å². The summed E-state index contributed by atoms with van der Waals surface area (Å²) in [4.78, 5) is 20.3. The predicted molar refractivity (Wildman–Crippen MR) is 140 cm³/mol. The van der Waals surface area contributed by atoms with Crippen LogP contribution in [0.1, 0.15) is 31.0 Å². The van der Waals surface area contributed by atoms with Crippen LogP contribution in [0.4, 0.5) is 18.9 Å². The number of aromatic nitrogens is 3. The van der Waals surface area contributed by atoms with Gasteiger partial charge in [-0.05, 0) is 61.7 Å². The molecule has 2 aromatic heterocycles. The topological polar surface area (TPSA) is 69.5 Å². The van der Waals surface area contributed by atoms with Crippen LogP contribution in [-0.4, -0.2) is 42.1 Å². The molecule has 0 radical (unpaired) electrons. The summed E-state index contributed by atoms with van der Waals surface area (Å²) in [5.41, 5.74) is 0.0714. The maximum atomic E-state index is 14.2. The molecule has 1 aliphatic rings. The van der Waals surface area contributed by atoms with Crippen LogP contribution < -0.4 is 19.9 Å². The first kappa shape index (κ1) is 25.6. The average molecular weight is 525 g/mol. The lowest BCUT2D eigenvalue weighted by Gasteiger charge is -2.22. The van der Waals surface area contributed by atoms with Crippen molar-refractivity contribution in [1.29, 1.82) is 0 Å². The molecular weight excluding hydrogens is 497 g/mol. The van der Waals surface area contributed by atoms with Gasteiger partial charge in [0.1, 0.15) is 22.7 Å². The van der Waals surface area contributed by atoms with Gasteiger partial charge in [0, 0.05) is 41.5 Å². The molecule has 3 heterocycles. The van der Waals surface area contributed by atoms with E-state index >= 15 is 0 Å².